The van der Waals surface area contributed by atoms with Crippen molar-refractivity contribution in [3.63, 3.8) is 0 Å². The van der Waals surface area contributed by atoms with E-state index < -0.39 is 18.2 Å². The van der Waals surface area contributed by atoms with Gasteiger partial charge in [0, 0.05) is 31.1 Å². The van der Waals surface area contributed by atoms with Crippen molar-refractivity contribution >= 4 is 17.7 Å². The lowest BCUT2D eigenvalue weighted by atomic mass is 10.0. The second-order valence-corrected chi connectivity index (χ2v) is 5.09. The largest absolute Gasteiger partial charge is 0.393 e. The number of aliphatic hydroxyl groups is 2. The van der Waals surface area contributed by atoms with Crippen LogP contribution in [0.5, 0.6) is 0 Å². The van der Waals surface area contributed by atoms with Crippen molar-refractivity contribution in [3.8, 4) is 0 Å². The van der Waals surface area contributed by atoms with E-state index in [1.54, 1.807) is 13.8 Å². The summed E-state index contributed by atoms with van der Waals surface area (Å²) >= 11 is 1.25. The van der Waals surface area contributed by atoms with Gasteiger partial charge in [0.1, 0.15) is 5.44 Å². The number of carbonyl (C=O) groups is 1. The molecule has 0 saturated carbocycles. The standard InChI is InChI=1S/C11H22FNO3S/c1-3-10(15)13-6-7-17-11(16)8(2)9(14)4-5-12/h8-9,11,14,16H,3-7H2,1-2H3,(H,13,15)/t8-,9-,11?/m1/s1. The molecule has 0 aromatic rings. The van der Waals surface area contributed by atoms with E-state index in [4.69, 9.17) is 0 Å². The van der Waals surface area contributed by atoms with Gasteiger partial charge in [0.05, 0.1) is 12.8 Å². The molecule has 0 rings (SSSR count). The number of alkyl halides is 1. The molecular formula is C11H22FNO3S. The Kier molecular flexibility index (Phi) is 9.49. The summed E-state index contributed by atoms with van der Waals surface area (Å²) in [4.78, 5) is 10.9. The van der Waals surface area contributed by atoms with E-state index in [2.05, 4.69) is 5.32 Å². The van der Waals surface area contributed by atoms with Crippen LogP contribution in [-0.4, -0.2) is 46.6 Å². The lowest BCUT2D eigenvalue weighted by Crippen LogP contribution is -2.30. The minimum atomic E-state index is -0.826. The molecule has 1 amide bonds. The zero-order valence-electron chi connectivity index (χ0n) is 10.4. The molecule has 17 heavy (non-hydrogen) atoms. The fourth-order valence-electron chi connectivity index (χ4n) is 1.21. The highest BCUT2D eigenvalue weighted by Gasteiger charge is 2.22. The number of rotatable bonds is 9. The van der Waals surface area contributed by atoms with E-state index in [0.29, 0.717) is 18.7 Å². The molecule has 0 spiro atoms. The second-order valence-electron chi connectivity index (χ2n) is 3.87. The van der Waals surface area contributed by atoms with Gasteiger partial charge in [-0.2, -0.15) is 0 Å². The van der Waals surface area contributed by atoms with Crippen LogP contribution < -0.4 is 5.32 Å². The van der Waals surface area contributed by atoms with E-state index >= 15 is 0 Å². The Morgan fingerprint density at radius 1 is 1.47 bits per heavy atom. The molecule has 4 nitrogen and oxygen atoms in total. The molecule has 102 valence electrons. The third-order valence-corrected chi connectivity index (χ3v) is 3.71. The van der Waals surface area contributed by atoms with Gasteiger partial charge in [0.2, 0.25) is 5.91 Å². The molecule has 0 bridgehead atoms. The van der Waals surface area contributed by atoms with Crippen LogP contribution in [0.15, 0.2) is 0 Å². The Labute approximate surface area is 106 Å². The van der Waals surface area contributed by atoms with Crippen LogP contribution in [0, 0.1) is 5.92 Å². The van der Waals surface area contributed by atoms with Crippen molar-refractivity contribution in [1.82, 2.24) is 5.32 Å². The van der Waals surface area contributed by atoms with Crippen molar-refractivity contribution in [2.24, 2.45) is 5.92 Å². The maximum absolute atomic E-state index is 12.0. The van der Waals surface area contributed by atoms with Gasteiger partial charge in [0.15, 0.2) is 0 Å². The average molecular weight is 267 g/mol. The van der Waals surface area contributed by atoms with Crippen molar-refractivity contribution in [2.75, 3.05) is 19.0 Å². The molecule has 6 heteroatoms. The summed E-state index contributed by atoms with van der Waals surface area (Å²) in [6, 6.07) is 0. The van der Waals surface area contributed by atoms with Crippen LogP contribution in [0.2, 0.25) is 0 Å². The second kappa shape index (κ2) is 9.67. The molecule has 3 N–H and O–H groups in total. The van der Waals surface area contributed by atoms with E-state index in [9.17, 15) is 19.4 Å². The van der Waals surface area contributed by atoms with E-state index in [1.165, 1.54) is 11.8 Å². The quantitative estimate of drug-likeness (QED) is 0.429. The van der Waals surface area contributed by atoms with Crippen LogP contribution >= 0.6 is 11.8 Å². The topological polar surface area (TPSA) is 69.6 Å². The number of nitrogens with one attached hydrogen (secondary N) is 1. The number of amides is 1. The van der Waals surface area contributed by atoms with Crippen LogP contribution in [0.25, 0.3) is 0 Å². The monoisotopic (exact) mass is 267 g/mol. The first-order valence-electron chi connectivity index (χ1n) is 5.83. The molecule has 0 saturated heterocycles. The molecule has 1 unspecified atom stereocenters. The highest BCUT2D eigenvalue weighted by molar-refractivity contribution is 7.99. The Hall–Kier alpha value is -0.330. The Morgan fingerprint density at radius 2 is 2.12 bits per heavy atom. The molecular weight excluding hydrogens is 245 g/mol. The number of hydrogen-bond donors (Lipinski definition) is 3. The van der Waals surface area contributed by atoms with Crippen LogP contribution in [0.4, 0.5) is 4.39 Å². The highest BCUT2D eigenvalue weighted by Crippen LogP contribution is 2.21. The van der Waals surface area contributed by atoms with Gasteiger partial charge in [-0.3, -0.25) is 9.18 Å². The SMILES string of the molecule is CCC(=O)NCCSC(O)[C@H](C)[C@H](O)CCF. The number of aliphatic hydroxyl groups excluding tert-OH is 2. The summed E-state index contributed by atoms with van der Waals surface area (Å²) in [5.41, 5.74) is -0.741. The minimum absolute atomic E-state index is 0.0226. The summed E-state index contributed by atoms with van der Waals surface area (Å²) < 4.78 is 12.0. The lowest BCUT2D eigenvalue weighted by molar-refractivity contribution is -0.120. The van der Waals surface area contributed by atoms with Crippen LogP contribution in [0.1, 0.15) is 26.7 Å². The number of thioether (sulfide) groups is 1. The summed E-state index contributed by atoms with van der Waals surface area (Å²) in [5, 5.41) is 21.9. The summed E-state index contributed by atoms with van der Waals surface area (Å²) in [5.74, 6) is 0.169. The molecule has 0 aliphatic rings. The third-order valence-electron chi connectivity index (χ3n) is 2.50. The summed E-state index contributed by atoms with van der Waals surface area (Å²) in [7, 11) is 0. The smallest absolute Gasteiger partial charge is 0.219 e. The third kappa shape index (κ3) is 7.57. The lowest BCUT2D eigenvalue weighted by Gasteiger charge is -2.22. The first-order chi connectivity index (χ1) is 8.02. The highest BCUT2D eigenvalue weighted by atomic mass is 32.2. The average Bonchev–Trinajstić information content (AvgIpc) is 2.33. The summed E-state index contributed by atoms with van der Waals surface area (Å²) in [6.07, 6.45) is -0.336. The first-order valence-corrected chi connectivity index (χ1v) is 6.88. The Bertz CT molecular complexity index is 219. The number of halogens is 1. The van der Waals surface area contributed by atoms with Gasteiger partial charge in [-0.1, -0.05) is 13.8 Å². The molecule has 0 radical (unpaired) electrons. The molecule has 0 aromatic heterocycles. The maximum atomic E-state index is 12.0. The van der Waals surface area contributed by atoms with E-state index in [-0.39, 0.29) is 18.2 Å². The van der Waals surface area contributed by atoms with Crippen LogP contribution in [0.3, 0.4) is 0 Å². The summed E-state index contributed by atoms with van der Waals surface area (Å²) in [6.45, 7) is 3.35. The van der Waals surface area contributed by atoms with Crippen molar-refractivity contribution in [2.45, 2.75) is 38.2 Å². The van der Waals surface area contributed by atoms with Gasteiger partial charge >= 0.3 is 0 Å². The maximum Gasteiger partial charge on any atom is 0.219 e. The van der Waals surface area contributed by atoms with E-state index in [1.807, 2.05) is 0 Å². The molecule has 0 heterocycles. The zero-order valence-corrected chi connectivity index (χ0v) is 11.2. The minimum Gasteiger partial charge on any atom is -0.393 e. The van der Waals surface area contributed by atoms with Gasteiger partial charge in [0.25, 0.3) is 0 Å². The Morgan fingerprint density at radius 3 is 2.65 bits per heavy atom. The molecule has 0 fully saturated rings. The number of carbonyl (C=O) groups excluding carboxylic acids is 1. The predicted octanol–water partition coefficient (Wildman–Crippen LogP) is 0.921. The van der Waals surface area contributed by atoms with Crippen molar-refractivity contribution < 1.29 is 19.4 Å². The fraction of sp³-hybridized carbons (Fsp3) is 0.909. The zero-order chi connectivity index (χ0) is 13.3. The van der Waals surface area contributed by atoms with Gasteiger partial charge in [-0.15, -0.1) is 11.8 Å². The Balaban J connectivity index is 3.70. The van der Waals surface area contributed by atoms with E-state index in [0.717, 1.165) is 0 Å². The predicted molar refractivity (Wildman–Crippen MR) is 67.5 cm³/mol. The van der Waals surface area contributed by atoms with Crippen molar-refractivity contribution in [1.29, 1.82) is 0 Å². The molecule has 0 aromatic carbocycles. The normalized spacial score (nSPS) is 16.3. The molecule has 3 atom stereocenters. The molecule has 0 aliphatic heterocycles. The van der Waals surface area contributed by atoms with Crippen LogP contribution in [-0.2, 0) is 4.79 Å². The first kappa shape index (κ1) is 16.7. The van der Waals surface area contributed by atoms with Crippen molar-refractivity contribution in [3.05, 3.63) is 0 Å². The molecule has 0 aliphatic carbocycles. The fourth-order valence-corrected chi connectivity index (χ4v) is 2.16. The van der Waals surface area contributed by atoms with Gasteiger partial charge in [-0.05, 0) is 0 Å². The van der Waals surface area contributed by atoms with Gasteiger partial charge < -0.3 is 15.5 Å². The number of hydrogen-bond acceptors (Lipinski definition) is 4. The van der Waals surface area contributed by atoms with Gasteiger partial charge in [-0.25, -0.2) is 0 Å².